The number of rotatable bonds is 6. The molecule has 3 aromatic carbocycles. The van der Waals surface area contributed by atoms with Crippen LogP contribution < -0.4 is 30.1 Å². The molecule has 31 heavy (non-hydrogen) atoms. The van der Waals surface area contributed by atoms with Crippen LogP contribution >= 0.6 is 47.7 Å². The molecule has 0 bridgehead atoms. The summed E-state index contributed by atoms with van der Waals surface area (Å²) >= 11 is 0. The van der Waals surface area contributed by atoms with Crippen LogP contribution in [0.1, 0.15) is 0 Å². The van der Waals surface area contributed by atoms with Crippen LogP contribution in [0.15, 0.2) is 72.8 Å². The van der Waals surface area contributed by atoms with E-state index in [0.29, 0.717) is 0 Å². The van der Waals surface area contributed by atoms with E-state index >= 15 is 0 Å². The van der Waals surface area contributed by atoms with Crippen LogP contribution in [0.4, 0.5) is 0 Å². The molecular weight excluding hydrogens is 541 g/mol. The average Bonchev–Trinajstić information content (AvgIpc) is 2.77. The van der Waals surface area contributed by atoms with E-state index in [1.807, 2.05) is 36.4 Å². The van der Waals surface area contributed by atoms with Crippen molar-refractivity contribution in [2.24, 2.45) is 0 Å². The van der Waals surface area contributed by atoms with Gasteiger partial charge >= 0.3 is 49.6 Å². The van der Waals surface area contributed by atoms with E-state index in [2.05, 4.69) is 43.1 Å². The Morgan fingerprint density at radius 1 is 0.516 bits per heavy atom. The van der Waals surface area contributed by atoms with Gasteiger partial charge in [-0.1, -0.05) is 0 Å². The quantitative estimate of drug-likeness (QED) is 0.256. The van der Waals surface area contributed by atoms with Crippen molar-refractivity contribution in [3.05, 3.63) is 72.8 Å². The fourth-order valence-electron chi connectivity index (χ4n) is 3.09. The molecule has 3 nitrogen and oxygen atoms in total. The Kier molecular flexibility index (Phi) is 10.1. The van der Waals surface area contributed by atoms with Crippen molar-refractivity contribution in [1.82, 2.24) is 0 Å². The Bertz CT molecular complexity index is 825. The second kappa shape index (κ2) is 11.9. The van der Waals surface area contributed by atoms with E-state index in [4.69, 9.17) is 54.6 Å². The first-order chi connectivity index (χ1) is 14.6. The molecule has 9 heteroatoms. The van der Waals surface area contributed by atoms with Gasteiger partial charge in [0, 0.05) is 0 Å². The number of methoxy groups -OCH3 is 3. The van der Waals surface area contributed by atoms with Gasteiger partial charge < -0.3 is 14.2 Å². The van der Waals surface area contributed by atoms with Crippen LogP contribution in [0.3, 0.4) is 0 Å². The fraction of sp³-hybridized carbons (Fsp3) is 0.182. The van der Waals surface area contributed by atoms with Crippen molar-refractivity contribution in [3.8, 4) is 17.2 Å². The minimum absolute atomic E-state index is 0.866. The normalized spacial score (nSPS) is 11.7. The molecule has 0 spiro atoms. The molecule has 0 aliphatic carbocycles. The van der Waals surface area contributed by atoms with Crippen molar-refractivity contribution in [1.29, 1.82) is 0 Å². The summed E-state index contributed by atoms with van der Waals surface area (Å²) in [4.78, 5) is 0. The summed E-state index contributed by atoms with van der Waals surface area (Å²) in [6.45, 7) is 2.35. The summed E-state index contributed by atoms with van der Waals surface area (Å²) in [5.41, 5.74) is 0. The first-order valence-electron chi connectivity index (χ1n) is 8.95. The number of ether oxygens (including phenoxy) is 3. The summed E-state index contributed by atoms with van der Waals surface area (Å²) in [5.74, 6) is 2.60. The molecule has 0 heterocycles. The number of halogens is 4. The second-order valence-electron chi connectivity index (χ2n) is 6.40. The van der Waals surface area contributed by atoms with Gasteiger partial charge in [0.05, 0.1) is 28.0 Å². The van der Waals surface area contributed by atoms with Crippen molar-refractivity contribution < 1.29 is 23.4 Å². The standard InChI is InChI=1S/C22H24O3P.4ClH.Fe/c1-23-17-5-11-20(12-6-17)26(4,21-13-7-18(24-2)8-14-21)22-15-9-19(25-3)10-16-22;;;;;/h5-16H,1-4H3;4*1H;/q+1;;;;;+3/p-4. The van der Waals surface area contributed by atoms with Crippen LogP contribution in [0.25, 0.3) is 0 Å². The van der Waals surface area contributed by atoms with Crippen LogP contribution in [0.5, 0.6) is 17.2 Å². The van der Waals surface area contributed by atoms with Gasteiger partial charge in [-0.25, -0.2) is 0 Å². The van der Waals surface area contributed by atoms with E-state index in [-0.39, 0.29) is 0 Å². The third-order valence-corrected chi connectivity index (χ3v) is 8.76. The van der Waals surface area contributed by atoms with Crippen molar-refractivity contribution in [2.45, 2.75) is 0 Å². The van der Waals surface area contributed by atoms with Gasteiger partial charge in [0.25, 0.3) is 0 Å². The monoisotopic (exact) mass is 563 g/mol. The summed E-state index contributed by atoms with van der Waals surface area (Å²) in [5, 5.41) is 3.90. The zero-order valence-electron chi connectivity index (χ0n) is 17.5. The molecule has 0 saturated heterocycles. The molecule has 3 rings (SSSR count). The van der Waals surface area contributed by atoms with Crippen molar-refractivity contribution in [2.75, 3.05) is 28.0 Å². The Morgan fingerprint density at radius 2 is 0.710 bits per heavy atom. The maximum absolute atomic E-state index is 5.33. The molecule has 0 saturated carbocycles. The summed E-state index contributed by atoms with van der Waals surface area (Å²) in [6, 6.07) is 25.2. The molecule has 0 aliphatic heterocycles. The van der Waals surface area contributed by atoms with Gasteiger partial charge in [0.2, 0.25) is 0 Å². The predicted octanol–water partition coefficient (Wildman–Crippen LogP) is 6.39. The Balaban J connectivity index is 0.000000614. The van der Waals surface area contributed by atoms with Gasteiger partial charge in [-0.3, -0.25) is 0 Å². The van der Waals surface area contributed by atoms with Crippen LogP contribution in [-0.4, -0.2) is 28.0 Å². The molecule has 0 amide bonds. The van der Waals surface area contributed by atoms with Crippen LogP contribution in [0.2, 0.25) is 0 Å². The molecule has 0 radical (unpaired) electrons. The maximum atomic E-state index is 5.33. The first kappa shape index (κ1) is 26.4. The second-order valence-corrected chi connectivity index (χ2v) is 20.9. The van der Waals surface area contributed by atoms with Gasteiger partial charge in [0.1, 0.15) is 40.4 Å². The Hall–Kier alpha value is -0.831. The SMILES string of the molecule is COc1ccc([P+](C)(c2ccc(OC)cc2)c2ccc(OC)cc2)cc1.[Cl][Fe-]([Cl])([Cl])[Cl]. The molecule has 0 atom stereocenters. The Morgan fingerprint density at radius 3 is 0.871 bits per heavy atom. The van der Waals surface area contributed by atoms with Gasteiger partial charge in [-0.15, -0.1) is 0 Å². The third-order valence-electron chi connectivity index (χ3n) is 4.77. The fourth-order valence-corrected chi connectivity index (χ4v) is 6.22. The summed E-state index contributed by atoms with van der Waals surface area (Å²) < 4.78 is 16.0. The van der Waals surface area contributed by atoms with Crippen molar-refractivity contribution in [3.63, 3.8) is 0 Å². The minimum atomic E-state index is -2.61. The first-order valence-corrected chi connectivity index (χ1v) is 17.3. The third kappa shape index (κ3) is 7.62. The number of hydrogen-bond donors (Lipinski definition) is 0. The van der Waals surface area contributed by atoms with E-state index in [1.165, 1.54) is 15.9 Å². The zero-order chi connectivity index (χ0) is 23.1. The zero-order valence-corrected chi connectivity index (χ0v) is 22.5. The molecule has 0 aromatic heterocycles. The van der Waals surface area contributed by atoms with E-state index in [0.717, 1.165) is 17.2 Å². The van der Waals surface area contributed by atoms with E-state index < -0.39 is 16.5 Å². The molecule has 0 unspecified atom stereocenters. The molecule has 0 N–H and O–H groups in total. The van der Waals surface area contributed by atoms with Crippen LogP contribution in [-0.2, 0) is 9.20 Å². The Labute approximate surface area is 204 Å². The van der Waals surface area contributed by atoms with Gasteiger partial charge in [-0.2, -0.15) is 0 Å². The van der Waals surface area contributed by atoms with E-state index in [9.17, 15) is 0 Å². The van der Waals surface area contributed by atoms with Gasteiger partial charge in [-0.05, 0) is 72.8 Å². The predicted molar refractivity (Wildman–Crippen MR) is 134 cm³/mol. The molecule has 3 aromatic rings. The molecular formula is C22H24Cl4FeO3P. The average molecular weight is 565 g/mol. The molecule has 0 fully saturated rings. The van der Waals surface area contributed by atoms with Crippen LogP contribution in [0, 0.1) is 0 Å². The van der Waals surface area contributed by atoms with Gasteiger partial charge in [0.15, 0.2) is 0 Å². The molecule has 0 aliphatic rings. The van der Waals surface area contributed by atoms with E-state index in [1.54, 1.807) is 21.3 Å². The number of benzene rings is 3. The topological polar surface area (TPSA) is 27.7 Å². The van der Waals surface area contributed by atoms with Crippen molar-refractivity contribution >= 4 is 63.6 Å². The summed E-state index contributed by atoms with van der Waals surface area (Å²) in [7, 11) is 20.5. The molecule has 171 valence electrons. The number of hydrogen-bond acceptors (Lipinski definition) is 3. The summed E-state index contributed by atoms with van der Waals surface area (Å²) in [6.07, 6.45) is 0.